The Labute approximate surface area is 154 Å². The number of fused-ring (bicyclic) bond motifs is 1. The summed E-state index contributed by atoms with van der Waals surface area (Å²) < 4.78 is 1.38. The van der Waals surface area contributed by atoms with E-state index in [4.69, 9.17) is 11.6 Å². The highest BCUT2D eigenvalue weighted by Gasteiger charge is 2.26. The van der Waals surface area contributed by atoms with Crippen LogP contribution < -0.4 is 5.56 Å². The van der Waals surface area contributed by atoms with E-state index in [1.807, 2.05) is 25.1 Å². The van der Waals surface area contributed by atoms with Crippen molar-refractivity contribution in [2.75, 3.05) is 6.54 Å². The van der Waals surface area contributed by atoms with Crippen molar-refractivity contribution >= 4 is 27.9 Å². The second-order valence-corrected chi connectivity index (χ2v) is 8.03. The molecule has 0 N–H and O–H groups in total. The molecule has 0 spiro atoms. The predicted molar refractivity (Wildman–Crippen MR) is 100 cm³/mol. The van der Waals surface area contributed by atoms with Gasteiger partial charge in [-0.3, -0.25) is 9.69 Å². The smallest absolute Gasteiger partial charge is 0.275 e. The molecule has 4 rings (SSSR count). The van der Waals surface area contributed by atoms with Gasteiger partial charge in [-0.25, -0.2) is 4.98 Å². The lowest BCUT2D eigenvalue weighted by Crippen LogP contribution is -2.31. The van der Waals surface area contributed by atoms with Gasteiger partial charge in [-0.15, -0.1) is 0 Å². The second kappa shape index (κ2) is 6.86. The van der Waals surface area contributed by atoms with E-state index in [1.54, 1.807) is 6.07 Å². The minimum absolute atomic E-state index is 0.105. The Morgan fingerprint density at radius 3 is 3.04 bits per heavy atom. The largest absolute Gasteiger partial charge is 0.294 e. The van der Waals surface area contributed by atoms with Crippen molar-refractivity contribution in [1.29, 1.82) is 0 Å². The average molecular weight is 375 g/mol. The van der Waals surface area contributed by atoms with E-state index < -0.39 is 0 Å². The maximum atomic E-state index is 12.2. The third-order valence-corrected chi connectivity index (χ3v) is 5.87. The summed E-state index contributed by atoms with van der Waals surface area (Å²) in [5.41, 5.74) is 1.90. The van der Waals surface area contributed by atoms with Crippen LogP contribution in [0.3, 0.4) is 0 Å². The van der Waals surface area contributed by atoms with Crippen LogP contribution in [0.5, 0.6) is 0 Å². The van der Waals surface area contributed by atoms with Crippen LogP contribution in [0.4, 0.5) is 0 Å². The van der Waals surface area contributed by atoms with E-state index in [2.05, 4.69) is 21.0 Å². The van der Waals surface area contributed by atoms with E-state index in [9.17, 15) is 4.79 Å². The van der Waals surface area contributed by atoms with Crippen molar-refractivity contribution < 1.29 is 0 Å². The molecule has 2 aromatic heterocycles. The standard InChI is InChI=1S/C18H19ClN4OS/c1-12-21-23-17(24)10-14(20-18(23)25-12)11-22-8-4-6-15(22)9-13-5-2-3-7-16(13)19/h2-3,5,7,10,15H,4,6,8-9,11H2,1H3/t15-/m0/s1. The molecule has 1 atom stereocenters. The van der Waals surface area contributed by atoms with Crippen LogP contribution in [0.1, 0.15) is 29.1 Å². The first-order valence-corrected chi connectivity index (χ1v) is 9.63. The lowest BCUT2D eigenvalue weighted by atomic mass is 10.0. The van der Waals surface area contributed by atoms with Gasteiger partial charge in [0.15, 0.2) is 0 Å². The number of likely N-dealkylation sites (tertiary alicyclic amines) is 1. The van der Waals surface area contributed by atoms with Gasteiger partial charge in [0.25, 0.3) is 5.56 Å². The summed E-state index contributed by atoms with van der Waals surface area (Å²) >= 11 is 7.77. The number of hydrogen-bond acceptors (Lipinski definition) is 5. The minimum Gasteiger partial charge on any atom is -0.294 e. The monoisotopic (exact) mass is 374 g/mol. The van der Waals surface area contributed by atoms with Gasteiger partial charge in [0.1, 0.15) is 5.01 Å². The number of nitrogens with zero attached hydrogens (tertiary/aromatic N) is 4. The van der Waals surface area contributed by atoms with Gasteiger partial charge < -0.3 is 0 Å². The summed E-state index contributed by atoms with van der Waals surface area (Å²) in [5.74, 6) is 0. The molecular formula is C18H19ClN4OS. The Balaban J connectivity index is 1.55. The van der Waals surface area contributed by atoms with Gasteiger partial charge in [-0.2, -0.15) is 9.61 Å². The first-order chi connectivity index (χ1) is 12.1. The molecule has 0 bridgehead atoms. The molecule has 0 unspecified atom stereocenters. The Hall–Kier alpha value is -1.76. The summed E-state index contributed by atoms with van der Waals surface area (Å²) in [6.07, 6.45) is 3.24. The van der Waals surface area contributed by atoms with E-state index in [0.29, 0.717) is 17.5 Å². The van der Waals surface area contributed by atoms with Crippen molar-refractivity contribution in [1.82, 2.24) is 19.5 Å². The zero-order valence-electron chi connectivity index (χ0n) is 14.0. The highest BCUT2D eigenvalue weighted by Crippen LogP contribution is 2.26. The number of halogens is 1. The SMILES string of the molecule is Cc1nn2c(=O)cc(CN3CCC[C@H]3Cc3ccccc3Cl)nc2s1. The van der Waals surface area contributed by atoms with Crippen LogP contribution in [0, 0.1) is 6.92 Å². The van der Waals surface area contributed by atoms with Gasteiger partial charge in [-0.05, 0) is 44.4 Å². The fraction of sp³-hybridized carbons (Fsp3) is 0.389. The van der Waals surface area contributed by atoms with Crippen molar-refractivity contribution in [3.8, 4) is 0 Å². The predicted octanol–water partition coefficient (Wildman–Crippen LogP) is 3.32. The number of benzene rings is 1. The summed E-state index contributed by atoms with van der Waals surface area (Å²) in [6.45, 7) is 3.61. The highest BCUT2D eigenvalue weighted by atomic mass is 35.5. The van der Waals surface area contributed by atoms with Crippen molar-refractivity contribution in [3.63, 3.8) is 0 Å². The second-order valence-electron chi connectivity index (χ2n) is 6.46. The van der Waals surface area contributed by atoms with Gasteiger partial charge in [-0.1, -0.05) is 41.1 Å². The number of aromatic nitrogens is 3. The first kappa shape index (κ1) is 16.7. The molecular weight excluding hydrogens is 356 g/mol. The maximum Gasteiger partial charge on any atom is 0.275 e. The van der Waals surface area contributed by atoms with Crippen LogP contribution >= 0.6 is 22.9 Å². The molecule has 1 aromatic carbocycles. The molecule has 1 aliphatic heterocycles. The number of aryl methyl sites for hydroxylation is 1. The van der Waals surface area contributed by atoms with E-state index >= 15 is 0 Å². The van der Waals surface area contributed by atoms with Crippen LogP contribution in [0.2, 0.25) is 5.02 Å². The topological polar surface area (TPSA) is 50.5 Å². The molecule has 1 aliphatic rings. The third kappa shape index (κ3) is 3.47. The summed E-state index contributed by atoms with van der Waals surface area (Å²) in [7, 11) is 0. The Morgan fingerprint density at radius 1 is 1.36 bits per heavy atom. The number of hydrogen-bond donors (Lipinski definition) is 0. The fourth-order valence-electron chi connectivity index (χ4n) is 3.49. The molecule has 1 saturated heterocycles. The van der Waals surface area contributed by atoms with Gasteiger partial charge in [0.2, 0.25) is 4.96 Å². The van der Waals surface area contributed by atoms with Crippen molar-refractivity contribution in [3.05, 3.63) is 62.0 Å². The Kier molecular flexibility index (Phi) is 4.58. The lowest BCUT2D eigenvalue weighted by molar-refractivity contribution is 0.241. The van der Waals surface area contributed by atoms with Crippen LogP contribution in [0.25, 0.3) is 4.96 Å². The molecule has 3 aromatic rings. The van der Waals surface area contributed by atoms with Crippen LogP contribution in [-0.2, 0) is 13.0 Å². The van der Waals surface area contributed by atoms with E-state index in [-0.39, 0.29) is 5.56 Å². The van der Waals surface area contributed by atoms with Gasteiger partial charge >= 0.3 is 0 Å². The lowest BCUT2D eigenvalue weighted by Gasteiger charge is -2.24. The average Bonchev–Trinajstić information content (AvgIpc) is 3.16. The highest BCUT2D eigenvalue weighted by molar-refractivity contribution is 7.16. The van der Waals surface area contributed by atoms with Crippen LogP contribution in [0.15, 0.2) is 35.1 Å². The molecule has 25 heavy (non-hydrogen) atoms. The maximum absolute atomic E-state index is 12.2. The molecule has 0 aliphatic carbocycles. The van der Waals surface area contributed by atoms with Crippen LogP contribution in [-0.4, -0.2) is 32.1 Å². The quantitative estimate of drug-likeness (QED) is 0.703. The van der Waals surface area contributed by atoms with Gasteiger partial charge in [0, 0.05) is 23.7 Å². The molecule has 5 nitrogen and oxygen atoms in total. The Bertz CT molecular complexity index is 967. The molecule has 7 heteroatoms. The Morgan fingerprint density at radius 2 is 2.20 bits per heavy atom. The summed E-state index contributed by atoms with van der Waals surface area (Å²) in [6, 6.07) is 10.1. The fourth-order valence-corrected chi connectivity index (χ4v) is 4.47. The first-order valence-electron chi connectivity index (χ1n) is 8.44. The third-order valence-electron chi connectivity index (χ3n) is 4.68. The minimum atomic E-state index is -0.105. The zero-order chi connectivity index (χ0) is 17.4. The van der Waals surface area contributed by atoms with Crippen molar-refractivity contribution in [2.24, 2.45) is 0 Å². The molecule has 0 amide bonds. The molecule has 1 fully saturated rings. The van der Waals surface area contributed by atoms with Crippen molar-refractivity contribution in [2.45, 2.75) is 38.8 Å². The van der Waals surface area contributed by atoms with Gasteiger partial charge in [0.05, 0.1) is 5.69 Å². The molecule has 3 heterocycles. The summed E-state index contributed by atoms with van der Waals surface area (Å²) in [4.78, 5) is 19.9. The normalized spacial score (nSPS) is 18.2. The molecule has 0 saturated carbocycles. The van der Waals surface area contributed by atoms with E-state index in [0.717, 1.165) is 41.5 Å². The summed E-state index contributed by atoms with van der Waals surface area (Å²) in [5, 5.41) is 5.87. The van der Waals surface area contributed by atoms with E-state index in [1.165, 1.54) is 21.4 Å². The number of rotatable bonds is 4. The molecule has 130 valence electrons. The zero-order valence-corrected chi connectivity index (χ0v) is 15.6. The molecule has 0 radical (unpaired) electrons.